The highest BCUT2D eigenvalue weighted by atomic mass is 16.7. The number of rotatable bonds is 8. The average Bonchev–Trinajstić information content (AvgIpc) is 3.70. The van der Waals surface area contributed by atoms with Gasteiger partial charge in [-0.25, -0.2) is 4.79 Å². The lowest BCUT2D eigenvalue weighted by Crippen LogP contribution is -2.47. The van der Waals surface area contributed by atoms with Crippen molar-refractivity contribution in [3.05, 3.63) is 42.0 Å². The molecular formula is C34H48N4O7. The zero-order valence-corrected chi connectivity index (χ0v) is 26.9. The standard InChI is InChI=1S/C34H48N4O7/c1-22-17-38(23(2)20-39)33(40)28-15-26(35-34(41)36-27-11-13-30-31(16-27)44-21-43-30)10-12-29(28)45-24(3)7-5-6-14-42-32(22)19-37(4)18-25-8-9-25/h10-13,15-16,22-25,32,39H,5-9,14,17-21H2,1-4H3,(H2,35,36,41)/t22-,23+,24-,32+/m0/s1. The summed E-state index contributed by atoms with van der Waals surface area (Å²) < 4.78 is 23.5. The fourth-order valence-electron chi connectivity index (χ4n) is 5.85. The molecule has 5 rings (SSSR count). The van der Waals surface area contributed by atoms with Gasteiger partial charge in [-0.1, -0.05) is 6.92 Å². The Kier molecular flexibility index (Phi) is 11.1. The lowest BCUT2D eigenvalue weighted by atomic mass is 10.0. The molecule has 45 heavy (non-hydrogen) atoms. The van der Waals surface area contributed by atoms with Gasteiger partial charge in [-0.15, -0.1) is 0 Å². The van der Waals surface area contributed by atoms with Crippen molar-refractivity contribution < 1.29 is 33.6 Å². The van der Waals surface area contributed by atoms with E-state index >= 15 is 0 Å². The molecular weight excluding hydrogens is 576 g/mol. The summed E-state index contributed by atoms with van der Waals surface area (Å²) >= 11 is 0. The molecule has 2 aromatic carbocycles. The Labute approximate surface area is 266 Å². The second kappa shape index (κ2) is 15.2. The molecule has 0 spiro atoms. The molecule has 0 radical (unpaired) electrons. The third kappa shape index (κ3) is 9.02. The van der Waals surface area contributed by atoms with Crippen LogP contribution < -0.4 is 24.8 Å². The number of carbonyl (C=O) groups excluding carboxylic acids is 2. The summed E-state index contributed by atoms with van der Waals surface area (Å²) in [5.74, 6) is 2.16. The first-order valence-electron chi connectivity index (χ1n) is 16.2. The van der Waals surface area contributed by atoms with E-state index in [2.05, 4.69) is 29.5 Å². The number of benzene rings is 2. The number of nitrogens with one attached hydrogen (secondary N) is 2. The van der Waals surface area contributed by atoms with Crippen LogP contribution >= 0.6 is 0 Å². The number of hydrogen-bond donors (Lipinski definition) is 3. The number of nitrogens with zero attached hydrogens (tertiary/aromatic N) is 2. The van der Waals surface area contributed by atoms with Crippen LogP contribution in [0.25, 0.3) is 0 Å². The van der Waals surface area contributed by atoms with Gasteiger partial charge < -0.3 is 44.5 Å². The van der Waals surface area contributed by atoms with Crippen molar-refractivity contribution in [3.8, 4) is 17.2 Å². The van der Waals surface area contributed by atoms with E-state index in [0.717, 1.165) is 38.3 Å². The van der Waals surface area contributed by atoms with Crippen LogP contribution in [-0.4, -0.2) is 91.8 Å². The van der Waals surface area contributed by atoms with Gasteiger partial charge in [0.2, 0.25) is 6.79 Å². The lowest BCUT2D eigenvalue weighted by Gasteiger charge is -2.36. The monoisotopic (exact) mass is 624 g/mol. The third-order valence-corrected chi connectivity index (χ3v) is 8.70. The summed E-state index contributed by atoms with van der Waals surface area (Å²) in [6.07, 6.45) is 5.07. The molecule has 0 aromatic heterocycles. The van der Waals surface area contributed by atoms with Gasteiger partial charge in [0.15, 0.2) is 11.5 Å². The predicted octanol–water partition coefficient (Wildman–Crippen LogP) is 5.20. The highest BCUT2D eigenvalue weighted by Crippen LogP contribution is 2.34. The first-order chi connectivity index (χ1) is 21.7. The van der Waals surface area contributed by atoms with Crippen LogP contribution in [0.4, 0.5) is 16.2 Å². The van der Waals surface area contributed by atoms with Crippen LogP contribution in [0.5, 0.6) is 17.2 Å². The zero-order chi connectivity index (χ0) is 31.9. The van der Waals surface area contributed by atoms with Crippen molar-refractivity contribution in [1.29, 1.82) is 0 Å². The van der Waals surface area contributed by atoms with Crippen molar-refractivity contribution in [1.82, 2.24) is 9.80 Å². The highest BCUT2D eigenvalue weighted by Gasteiger charge is 2.31. The first-order valence-corrected chi connectivity index (χ1v) is 16.2. The van der Waals surface area contributed by atoms with Crippen molar-refractivity contribution in [2.75, 3.05) is 57.3 Å². The summed E-state index contributed by atoms with van der Waals surface area (Å²) in [5, 5.41) is 15.8. The Bertz CT molecular complexity index is 1320. The van der Waals surface area contributed by atoms with E-state index in [0.29, 0.717) is 47.3 Å². The maximum atomic E-state index is 14.3. The van der Waals surface area contributed by atoms with E-state index in [1.807, 2.05) is 13.8 Å². The molecule has 0 bridgehead atoms. The van der Waals surface area contributed by atoms with Crippen molar-refractivity contribution in [2.24, 2.45) is 11.8 Å². The quantitative estimate of drug-likeness (QED) is 0.367. The zero-order valence-electron chi connectivity index (χ0n) is 26.9. The number of aliphatic hydroxyl groups excluding tert-OH is 1. The number of carbonyl (C=O) groups is 2. The topological polar surface area (TPSA) is 122 Å². The van der Waals surface area contributed by atoms with Gasteiger partial charge >= 0.3 is 6.03 Å². The molecule has 1 saturated carbocycles. The number of fused-ring (bicyclic) bond motifs is 2. The highest BCUT2D eigenvalue weighted by molar-refractivity contribution is 6.02. The summed E-state index contributed by atoms with van der Waals surface area (Å²) in [6.45, 7) is 8.81. The summed E-state index contributed by atoms with van der Waals surface area (Å²) in [4.78, 5) is 31.3. The minimum absolute atomic E-state index is 0.0182. The normalized spacial score (nSPS) is 23.1. The van der Waals surface area contributed by atoms with Crippen LogP contribution in [0.2, 0.25) is 0 Å². The number of urea groups is 1. The Balaban J connectivity index is 1.37. The lowest BCUT2D eigenvalue weighted by molar-refractivity contribution is -0.0172. The Hall–Kier alpha value is -3.54. The molecule has 2 aromatic rings. The van der Waals surface area contributed by atoms with E-state index in [1.165, 1.54) is 12.8 Å². The van der Waals surface area contributed by atoms with Gasteiger partial charge in [0, 0.05) is 49.6 Å². The molecule has 3 N–H and O–H groups in total. The average molecular weight is 625 g/mol. The molecule has 2 heterocycles. The molecule has 3 amide bonds. The minimum atomic E-state index is -0.471. The van der Waals surface area contributed by atoms with Gasteiger partial charge in [-0.3, -0.25) is 4.79 Å². The smallest absolute Gasteiger partial charge is 0.323 e. The van der Waals surface area contributed by atoms with Gasteiger partial charge in [0.1, 0.15) is 5.75 Å². The molecule has 246 valence electrons. The Morgan fingerprint density at radius 2 is 1.71 bits per heavy atom. The van der Waals surface area contributed by atoms with Crippen LogP contribution in [0.15, 0.2) is 36.4 Å². The van der Waals surface area contributed by atoms with Gasteiger partial charge in [-0.2, -0.15) is 0 Å². The maximum absolute atomic E-state index is 14.3. The Morgan fingerprint density at radius 1 is 1.00 bits per heavy atom. The van der Waals surface area contributed by atoms with Crippen LogP contribution in [0, 0.1) is 11.8 Å². The van der Waals surface area contributed by atoms with Gasteiger partial charge in [-0.05, 0) is 89.2 Å². The van der Waals surface area contributed by atoms with E-state index in [9.17, 15) is 14.7 Å². The molecule has 2 aliphatic heterocycles. The van der Waals surface area contributed by atoms with Crippen molar-refractivity contribution in [3.63, 3.8) is 0 Å². The summed E-state index contributed by atoms with van der Waals surface area (Å²) in [7, 11) is 2.14. The number of hydrogen-bond acceptors (Lipinski definition) is 8. The first kappa shape index (κ1) is 32.8. The van der Waals surface area contributed by atoms with Crippen LogP contribution in [-0.2, 0) is 4.74 Å². The maximum Gasteiger partial charge on any atom is 0.323 e. The summed E-state index contributed by atoms with van der Waals surface area (Å²) in [5.41, 5.74) is 1.31. The van der Waals surface area contributed by atoms with Gasteiger partial charge in [0.05, 0.1) is 30.4 Å². The molecule has 3 aliphatic rings. The predicted molar refractivity (Wildman–Crippen MR) is 172 cm³/mol. The molecule has 1 aliphatic carbocycles. The number of amides is 3. The number of aliphatic hydroxyl groups is 1. The minimum Gasteiger partial charge on any atom is -0.490 e. The molecule has 0 unspecified atom stereocenters. The van der Waals surface area contributed by atoms with Crippen molar-refractivity contribution in [2.45, 2.75) is 71.1 Å². The molecule has 0 saturated heterocycles. The van der Waals surface area contributed by atoms with E-state index in [4.69, 9.17) is 18.9 Å². The fourth-order valence-corrected chi connectivity index (χ4v) is 5.85. The third-order valence-electron chi connectivity index (χ3n) is 8.70. The summed E-state index contributed by atoms with van der Waals surface area (Å²) in [6, 6.07) is 9.35. The van der Waals surface area contributed by atoms with Gasteiger partial charge in [0.25, 0.3) is 5.91 Å². The number of ether oxygens (including phenoxy) is 4. The molecule has 1 fully saturated rings. The van der Waals surface area contributed by atoms with E-state index < -0.39 is 12.1 Å². The van der Waals surface area contributed by atoms with Crippen LogP contribution in [0.1, 0.15) is 63.2 Å². The van der Waals surface area contributed by atoms with Crippen LogP contribution in [0.3, 0.4) is 0 Å². The molecule has 11 nitrogen and oxygen atoms in total. The second-order valence-corrected chi connectivity index (χ2v) is 12.8. The second-order valence-electron chi connectivity index (χ2n) is 12.8. The number of likely N-dealkylation sites (N-methyl/N-ethyl adjacent to an activating group) is 1. The largest absolute Gasteiger partial charge is 0.490 e. The number of anilines is 2. The fraction of sp³-hybridized carbons (Fsp3) is 0.588. The van der Waals surface area contributed by atoms with Crippen molar-refractivity contribution >= 4 is 23.3 Å². The SMILES string of the molecule is C[C@H](CO)N1C[C@H](C)[C@@H](CN(C)CC2CC2)OCCCC[C@H](C)Oc2ccc(NC(=O)Nc3ccc4c(c3)OCO4)cc2C1=O. The molecule has 4 atom stereocenters. The molecule has 11 heteroatoms. The Morgan fingerprint density at radius 3 is 2.44 bits per heavy atom. The van der Waals surface area contributed by atoms with E-state index in [-0.39, 0.29) is 37.4 Å². The van der Waals surface area contributed by atoms with E-state index in [1.54, 1.807) is 41.3 Å².